The smallest absolute Gasteiger partial charge is 0.230 e. The molecule has 1 amide bonds. The molecular weight excluding hydrogens is 280 g/mol. The van der Waals surface area contributed by atoms with Gasteiger partial charge in [-0.3, -0.25) is 4.79 Å². The summed E-state index contributed by atoms with van der Waals surface area (Å²) in [5, 5.41) is 3.82. The van der Waals surface area contributed by atoms with Crippen LogP contribution in [0.3, 0.4) is 0 Å². The van der Waals surface area contributed by atoms with Crippen molar-refractivity contribution in [1.82, 2.24) is 10.1 Å². The van der Waals surface area contributed by atoms with Crippen molar-refractivity contribution in [2.45, 2.75) is 19.8 Å². The van der Waals surface area contributed by atoms with E-state index in [1.54, 1.807) is 0 Å². The molecule has 0 N–H and O–H groups in total. The van der Waals surface area contributed by atoms with Gasteiger partial charge in [0.05, 0.1) is 18.7 Å². The third-order valence-corrected chi connectivity index (χ3v) is 4.48. The van der Waals surface area contributed by atoms with Crippen LogP contribution in [0.15, 0.2) is 34.9 Å². The fourth-order valence-electron chi connectivity index (χ4n) is 3.38. The van der Waals surface area contributed by atoms with Crippen LogP contribution in [0.4, 0.5) is 0 Å². The summed E-state index contributed by atoms with van der Waals surface area (Å²) in [5.74, 6) is 1.71. The number of carbonyl (C=O) groups is 1. The first-order valence-corrected chi connectivity index (χ1v) is 7.54. The van der Waals surface area contributed by atoms with Crippen molar-refractivity contribution in [1.29, 1.82) is 0 Å². The Kier molecular flexibility index (Phi) is 2.96. The summed E-state index contributed by atoms with van der Waals surface area (Å²) in [6.07, 6.45) is 1.27. The fourth-order valence-corrected chi connectivity index (χ4v) is 3.38. The van der Waals surface area contributed by atoms with Crippen molar-refractivity contribution >= 4 is 5.91 Å². The largest absolute Gasteiger partial charge is 0.493 e. The monoisotopic (exact) mass is 298 g/mol. The Morgan fingerprint density at radius 3 is 2.95 bits per heavy atom. The topological polar surface area (TPSA) is 55.6 Å². The van der Waals surface area contributed by atoms with Crippen molar-refractivity contribution in [3.05, 3.63) is 47.3 Å². The Morgan fingerprint density at radius 1 is 1.36 bits per heavy atom. The lowest BCUT2D eigenvalue weighted by molar-refractivity contribution is -0.146. The maximum absolute atomic E-state index is 12.3. The first kappa shape index (κ1) is 13.4. The Bertz CT molecular complexity index is 716. The van der Waals surface area contributed by atoms with Gasteiger partial charge < -0.3 is 14.2 Å². The predicted molar refractivity (Wildman–Crippen MR) is 79.6 cm³/mol. The molecule has 1 aromatic carbocycles. The maximum Gasteiger partial charge on any atom is 0.230 e. The molecule has 0 aliphatic carbocycles. The van der Waals surface area contributed by atoms with Crippen LogP contribution >= 0.6 is 0 Å². The first-order valence-electron chi connectivity index (χ1n) is 7.54. The molecule has 2 aliphatic heterocycles. The summed E-state index contributed by atoms with van der Waals surface area (Å²) in [5.41, 5.74) is 2.13. The highest BCUT2D eigenvalue weighted by Crippen LogP contribution is 2.41. The lowest BCUT2D eigenvalue weighted by atomic mass is 9.74. The SMILES string of the molecule is Cc1cc(CC(=O)N2CC3(COc4ccccc4C3)C2)on1. The second-order valence-electron chi connectivity index (χ2n) is 6.43. The van der Waals surface area contributed by atoms with Crippen LogP contribution in [-0.2, 0) is 17.6 Å². The van der Waals surface area contributed by atoms with Gasteiger partial charge in [0.25, 0.3) is 0 Å². The number of amides is 1. The van der Waals surface area contributed by atoms with E-state index in [9.17, 15) is 4.79 Å². The summed E-state index contributed by atoms with van der Waals surface area (Å²) < 4.78 is 11.0. The fraction of sp³-hybridized carbons (Fsp3) is 0.412. The second kappa shape index (κ2) is 4.87. The van der Waals surface area contributed by atoms with E-state index in [0.29, 0.717) is 12.4 Å². The number of aryl methyl sites for hydroxylation is 1. The molecule has 0 atom stereocenters. The molecule has 0 unspecified atom stereocenters. The van der Waals surface area contributed by atoms with E-state index in [4.69, 9.17) is 9.26 Å². The molecule has 1 saturated heterocycles. The molecule has 1 aromatic heterocycles. The molecule has 2 aliphatic rings. The third kappa shape index (κ3) is 2.26. The van der Waals surface area contributed by atoms with Crippen LogP contribution in [0.2, 0.25) is 0 Å². The summed E-state index contributed by atoms with van der Waals surface area (Å²) in [6, 6.07) is 9.96. The lowest BCUT2D eigenvalue weighted by Crippen LogP contribution is -2.63. The van der Waals surface area contributed by atoms with Gasteiger partial charge in [-0.05, 0) is 25.0 Å². The van der Waals surface area contributed by atoms with E-state index in [0.717, 1.165) is 31.0 Å². The molecule has 5 nitrogen and oxygen atoms in total. The molecule has 1 fully saturated rings. The van der Waals surface area contributed by atoms with Crippen LogP contribution in [0.25, 0.3) is 0 Å². The number of nitrogens with zero attached hydrogens (tertiary/aromatic N) is 2. The minimum atomic E-state index is 0.0847. The predicted octanol–water partition coefficient (Wildman–Crippen LogP) is 1.99. The maximum atomic E-state index is 12.3. The molecule has 22 heavy (non-hydrogen) atoms. The van der Waals surface area contributed by atoms with E-state index < -0.39 is 0 Å². The summed E-state index contributed by atoms with van der Waals surface area (Å²) >= 11 is 0. The molecule has 5 heteroatoms. The molecule has 0 saturated carbocycles. The van der Waals surface area contributed by atoms with Gasteiger partial charge in [-0.1, -0.05) is 23.4 Å². The highest BCUT2D eigenvalue weighted by molar-refractivity contribution is 5.79. The van der Waals surface area contributed by atoms with Gasteiger partial charge in [0, 0.05) is 24.6 Å². The third-order valence-electron chi connectivity index (χ3n) is 4.48. The van der Waals surface area contributed by atoms with E-state index in [-0.39, 0.29) is 17.7 Å². The molecular formula is C17H18N2O3. The first-order chi connectivity index (χ1) is 10.6. The number of ether oxygens (including phenoxy) is 1. The Hall–Kier alpha value is -2.30. The Morgan fingerprint density at radius 2 is 2.18 bits per heavy atom. The average molecular weight is 298 g/mol. The van der Waals surface area contributed by atoms with Crippen LogP contribution in [0.1, 0.15) is 17.0 Å². The number of fused-ring (bicyclic) bond motifs is 1. The molecule has 114 valence electrons. The summed E-state index contributed by atoms with van der Waals surface area (Å²) in [7, 11) is 0. The van der Waals surface area contributed by atoms with Gasteiger partial charge in [-0.15, -0.1) is 0 Å². The van der Waals surface area contributed by atoms with Crippen molar-refractivity contribution in [2.24, 2.45) is 5.41 Å². The minimum Gasteiger partial charge on any atom is -0.493 e. The highest BCUT2D eigenvalue weighted by Gasteiger charge is 2.47. The molecule has 4 rings (SSSR count). The van der Waals surface area contributed by atoms with Crippen molar-refractivity contribution in [3.63, 3.8) is 0 Å². The van der Waals surface area contributed by atoms with E-state index >= 15 is 0 Å². The normalized spacial score (nSPS) is 18.5. The average Bonchev–Trinajstić information content (AvgIpc) is 2.89. The zero-order valence-corrected chi connectivity index (χ0v) is 12.5. The van der Waals surface area contributed by atoms with E-state index in [1.807, 2.05) is 36.1 Å². The Labute approximate surface area is 128 Å². The van der Waals surface area contributed by atoms with Gasteiger partial charge in [-0.25, -0.2) is 0 Å². The van der Waals surface area contributed by atoms with Gasteiger partial charge in [-0.2, -0.15) is 0 Å². The van der Waals surface area contributed by atoms with Crippen LogP contribution in [-0.4, -0.2) is 35.7 Å². The van der Waals surface area contributed by atoms with Crippen molar-refractivity contribution in [3.8, 4) is 5.75 Å². The molecule has 2 aromatic rings. The number of likely N-dealkylation sites (tertiary alicyclic amines) is 1. The minimum absolute atomic E-state index is 0.0847. The standard InChI is InChI=1S/C17H18N2O3/c1-12-6-14(22-18-12)7-16(20)19-9-17(10-19)8-13-4-2-3-5-15(13)21-11-17/h2-6H,7-11H2,1H3. The molecule has 0 bridgehead atoms. The molecule has 3 heterocycles. The number of para-hydroxylation sites is 1. The summed E-state index contributed by atoms with van der Waals surface area (Å²) in [6.45, 7) is 4.06. The van der Waals surface area contributed by atoms with Crippen LogP contribution in [0.5, 0.6) is 5.75 Å². The van der Waals surface area contributed by atoms with E-state index in [1.165, 1.54) is 5.56 Å². The van der Waals surface area contributed by atoms with Crippen LogP contribution in [0, 0.1) is 12.3 Å². The lowest BCUT2D eigenvalue weighted by Gasteiger charge is -2.51. The van der Waals surface area contributed by atoms with Gasteiger partial charge in [0.15, 0.2) is 0 Å². The zero-order chi connectivity index (χ0) is 15.2. The number of hydrogen-bond donors (Lipinski definition) is 0. The quantitative estimate of drug-likeness (QED) is 0.851. The van der Waals surface area contributed by atoms with Crippen molar-refractivity contribution in [2.75, 3.05) is 19.7 Å². The number of carbonyl (C=O) groups excluding carboxylic acids is 1. The number of hydrogen-bond acceptors (Lipinski definition) is 4. The highest BCUT2D eigenvalue weighted by atomic mass is 16.5. The molecule has 0 radical (unpaired) electrons. The Balaban J connectivity index is 1.39. The summed E-state index contributed by atoms with van der Waals surface area (Å²) in [4.78, 5) is 14.2. The van der Waals surface area contributed by atoms with Gasteiger partial charge in [0.1, 0.15) is 11.5 Å². The number of benzene rings is 1. The van der Waals surface area contributed by atoms with Gasteiger partial charge in [0.2, 0.25) is 5.91 Å². The van der Waals surface area contributed by atoms with E-state index in [2.05, 4.69) is 11.2 Å². The number of rotatable bonds is 2. The number of aromatic nitrogens is 1. The molecule has 1 spiro atoms. The van der Waals surface area contributed by atoms with Crippen LogP contribution < -0.4 is 4.74 Å². The van der Waals surface area contributed by atoms with Gasteiger partial charge >= 0.3 is 0 Å². The zero-order valence-electron chi connectivity index (χ0n) is 12.5. The second-order valence-corrected chi connectivity index (χ2v) is 6.43. The van der Waals surface area contributed by atoms with Crippen molar-refractivity contribution < 1.29 is 14.1 Å².